The first kappa shape index (κ1) is 15.0. The first-order valence-corrected chi connectivity index (χ1v) is 7.45. The van der Waals surface area contributed by atoms with Crippen molar-refractivity contribution in [3.05, 3.63) is 12.4 Å². The molecule has 0 aliphatic carbocycles. The minimum Gasteiger partial charge on any atom is -0.399 e. The van der Waals surface area contributed by atoms with Crippen LogP contribution in [0.4, 0.5) is 0 Å². The van der Waals surface area contributed by atoms with E-state index in [1.165, 1.54) is 0 Å². The Morgan fingerprint density at radius 2 is 1.95 bits per heavy atom. The fourth-order valence-electron chi connectivity index (χ4n) is 2.43. The molecule has 1 atom stereocenters. The number of hydrogen-bond acceptors (Lipinski definition) is 5. The smallest absolute Gasteiger partial charge is 0.399 e. The third-order valence-corrected chi connectivity index (χ3v) is 4.45. The second-order valence-electron chi connectivity index (χ2n) is 6.65. The number of aromatic nitrogens is 2. The predicted molar refractivity (Wildman–Crippen MR) is 78.5 cm³/mol. The van der Waals surface area contributed by atoms with Gasteiger partial charge in [-0.1, -0.05) is 0 Å². The van der Waals surface area contributed by atoms with Crippen LogP contribution < -0.4 is 5.46 Å². The molecule has 3 rings (SSSR count). The highest BCUT2D eigenvalue weighted by molar-refractivity contribution is 6.61. The highest BCUT2D eigenvalue weighted by Gasteiger charge is 2.52. The molecule has 2 saturated heterocycles. The summed E-state index contributed by atoms with van der Waals surface area (Å²) in [6.45, 7) is 10.8. The Hall–Kier alpha value is -0.885. The van der Waals surface area contributed by atoms with Gasteiger partial charge >= 0.3 is 7.12 Å². The second-order valence-corrected chi connectivity index (χ2v) is 6.65. The Bertz CT molecular complexity index is 481. The van der Waals surface area contributed by atoms with Gasteiger partial charge in [-0.15, -0.1) is 0 Å². The Balaban J connectivity index is 1.65. The van der Waals surface area contributed by atoms with Crippen molar-refractivity contribution in [3.8, 4) is 0 Å². The lowest BCUT2D eigenvalue weighted by Crippen LogP contribution is -2.41. The highest BCUT2D eigenvalue weighted by atomic mass is 16.7. The van der Waals surface area contributed by atoms with E-state index in [1.807, 2.05) is 38.6 Å². The van der Waals surface area contributed by atoms with E-state index in [0.29, 0.717) is 26.4 Å². The van der Waals surface area contributed by atoms with Crippen LogP contribution in [0.5, 0.6) is 0 Å². The van der Waals surface area contributed by atoms with E-state index in [0.717, 1.165) is 5.46 Å². The van der Waals surface area contributed by atoms with E-state index in [1.54, 1.807) is 6.20 Å². The van der Waals surface area contributed by atoms with E-state index in [9.17, 15) is 0 Å². The summed E-state index contributed by atoms with van der Waals surface area (Å²) in [5.41, 5.74) is 0.269. The molecular weight excluding hydrogens is 271 g/mol. The minimum atomic E-state index is -0.368. The SMILES string of the molecule is CC1(C)OB(c2cnn(CC3COCCO3)c2)OC1(C)C. The molecule has 2 aliphatic heterocycles. The van der Waals surface area contributed by atoms with E-state index < -0.39 is 0 Å². The summed E-state index contributed by atoms with van der Waals surface area (Å²) >= 11 is 0. The second kappa shape index (κ2) is 5.39. The molecule has 1 aromatic rings. The van der Waals surface area contributed by atoms with Crippen molar-refractivity contribution in [1.29, 1.82) is 0 Å². The summed E-state index contributed by atoms with van der Waals surface area (Å²) in [5, 5.41) is 4.37. The van der Waals surface area contributed by atoms with Gasteiger partial charge in [0, 0.05) is 17.9 Å². The minimum absolute atomic E-state index is 0.0600. The monoisotopic (exact) mass is 294 g/mol. The van der Waals surface area contributed by atoms with Gasteiger partial charge in [0.15, 0.2) is 0 Å². The summed E-state index contributed by atoms with van der Waals surface area (Å²) < 4.78 is 24.9. The molecule has 0 aromatic carbocycles. The first-order valence-electron chi connectivity index (χ1n) is 7.45. The van der Waals surface area contributed by atoms with Crippen LogP contribution in [0.25, 0.3) is 0 Å². The maximum Gasteiger partial charge on any atom is 0.498 e. The van der Waals surface area contributed by atoms with Crippen molar-refractivity contribution in [1.82, 2.24) is 9.78 Å². The quantitative estimate of drug-likeness (QED) is 0.764. The molecule has 1 aromatic heterocycles. The molecule has 2 aliphatic rings. The molecule has 3 heterocycles. The Morgan fingerprint density at radius 3 is 2.57 bits per heavy atom. The van der Waals surface area contributed by atoms with Crippen molar-refractivity contribution < 1.29 is 18.8 Å². The van der Waals surface area contributed by atoms with Crippen LogP contribution in [0.15, 0.2) is 12.4 Å². The maximum atomic E-state index is 6.02. The average Bonchev–Trinajstić information content (AvgIpc) is 2.94. The van der Waals surface area contributed by atoms with Crippen LogP contribution in [0.2, 0.25) is 0 Å². The van der Waals surface area contributed by atoms with Crippen LogP contribution in [-0.4, -0.2) is 54.0 Å². The average molecular weight is 294 g/mol. The highest BCUT2D eigenvalue weighted by Crippen LogP contribution is 2.36. The molecular formula is C14H23BN2O4. The Kier molecular flexibility index (Phi) is 3.86. The predicted octanol–water partition coefficient (Wildman–Crippen LogP) is 0.598. The number of ether oxygens (including phenoxy) is 2. The molecule has 116 valence electrons. The van der Waals surface area contributed by atoms with Gasteiger partial charge in [-0.05, 0) is 27.7 Å². The molecule has 0 saturated carbocycles. The summed E-state index contributed by atoms with van der Waals surface area (Å²) in [5.74, 6) is 0. The number of hydrogen-bond donors (Lipinski definition) is 0. The van der Waals surface area contributed by atoms with Crippen molar-refractivity contribution in [2.45, 2.75) is 51.5 Å². The van der Waals surface area contributed by atoms with Gasteiger partial charge in [0.25, 0.3) is 0 Å². The zero-order valence-electron chi connectivity index (χ0n) is 13.2. The summed E-state index contributed by atoms with van der Waals surface area (Å²) in [7, 11) is -0.368. The van der Waals surface area contributed by atoms with Gasteiger partial charge in [0.1, 0.15) is 6.10 Å². The Morgan fingerprint density at radius 1 is 1.24 bits per heavy atom. The fraction of sp³-hybridized carbons (Fsp3) is 0.786. The van der Waals surface area contributed by atoms with Gasteiger partial charge in [-0.3, -0.25) is 4.68 Å². The largest absolute Gasteiger partial charge is 0.498 e. The van der Waals surface area contributed by atoms with Crippen LogP contribution in [0.3, 0.4) is 0 Å². The molecule has 2 fully saturated rings. The summed E-state index contributed by atoms with van der Waals surface area (Å²) in [6, 6.07) is 0. The molecule has 0 radical (unpaired) electrons. The molecule has 21 heavy (non-hydrogen) atoms. The van der Waals surface area contributed by atoms with E-state index in [-0.39, 0.29) is 24.4 Å². The molecule has 0 spiro atoms. The van der Waals surface area contributed by atoms with Crippen LogP contribution in [0.1, 0.15) is 27.7 Å². The van der Waals surface area contributed by atoms with Crippen molar-refractivity contribution in [2.24, 2.45) is 0 Å². The van der Waals surface area contributed by atoms with Crippen molar-refractivity contribution in [2.75, 3.05) is 19.8 Å². The topological polar surface area (TPSA) is 54.7 Å². The Labute approximate surface area is 125 Å². The van der Waals surface area contributed by atoms with Crippen LogP contribution >= 0.6 is 0 Å². The van der Waals surface area contributed by atoms with E-state index >= 15 is 0 Å². The van der Waals surface area contributed by atoms with E-state index in [2.05, 4.69) is 5.10 Å². The molecule has 7 heteroatoms. The molecule has 0 bridgehead atoms. The van der Waals surface area contributed by atoms with Crippen molar-refractivity contribution >= 4 is 12.6 Å². The van der Waals surface area contributed by atoms with Gasteiger partial charge in [-0.25, -0.2) is 0 Å². The lowest BCUT2D eigenvalue weighted by molar-refractivity contribution is -0.0946. The number of nitrogens with zero attached hydrogens (tertiary/aromatic N) is 2. The van der Waals surface area contributed by atoms with Gasteiger partial charge in [-0.2, -0.15) is 5.10 Å². The lowest BCUT2D eigenvalue weighted by atomic mass is 9.82. The third-order valence-electron chi connectivity index (χ3n) is 4.45. The van der Waals surface area contributed by atoms with Gasteiger partial charge in [0.05, 0.1) is 37.6 Å². The fourth-order valence-corrected chi connectivity index (χ4v) is 2.43. The van der Waals surface area contributed by atoms with Crippen LogP contribution in [0, 0.1) is 0 Å². The summed E-state index contributed by atoms with van der Waals surface area (Å²) in [4.78, 5) is 0. The summed E-state index contributed by atoms with van der Waals surface area (Å²) in [6.07, 6.45) is 3.82. The zero-order valence-corrected chi connectivity index (χ0v) is 13.2. The van der Waals surface area contributed by atoms with Gasteiger partial charge < -0.3 is 18.8 Å². The molecule has 6 nitrogen and oxygen atoms in total. The normalized spacial score (nSPS) is 28.0. The van der Waals surface area contributed by atoms with Crippen molar-refractivity contribution in [3.63, 3.8) is 0 Å². The molecule has 0 N–H and O–H groups in total. The first-order chi connectivity index (χ1) is 9.87. The number of rotatable bonds is 3. The molecule has 1 unspecified atom stereocenters. The zero-order chi connectivity index (χ0) is 15.1. The maximum absolute atomic E-state index is 6.02. The third kappa shape index (κ3) is 3.01. The lowest BCUT2D eigenvalue weighted by Gasteiger charge is -2.32. The van der Waals surface area contributed by atoms with Gasteiger partial charge in [0.2, 0.25) is 0 Å². The molecule has 0 amide bonds. The van der Waals surface area contributed by atoms with Crippen LogP contribution in [-0.2, 0) is 25.3 Å². The standard InChI is InChI=1S/C14H23BN2O4/c1-13(2)14(3,4)21-15(20-13)11-7-16-17(8-11)9-12-10-18-5-6-19-12/h7-8,12H,5-6,9-10H2,1-4H3. The van der Waals surface area contributed by atoms with E-state index in [4.69, 9.17) is 18.8 Å².